The molecule has 0 aliphatic heterocycles. The molecule has 0 unspecified atom stereocenters. The van der Waals surface area contributed by atoms with Gasteiger partial charge >= 0.3 is 5.97 Å². The molecule has 0 fully saturated rings. The Bertz CT molecular complexity index is 520. The Morgan fingerprint density at radius 3 is 2.11 bits per heavy atom. The number of carboxylic acids is 1. The molecular weight excluding hydrogens is 231 g/mol. The van der Waals surface area contributed by atoms with Crippen molar-refractivity contribution in [3.8, 4) is 0 Å². The zero-order valence-electron chi connectivity index (χ0n) is 9.71. The fourth-order valence-electron chi connectivity index (χ4n) is 1.98. The summed E-state index contributed by atoms with van der Waals surface area (Å²) < 4.78 is 12.9. The Morgan fingerprint density at radius 1 is 1.00 bits per heavy atom. The molecule has 0 bridgehead atoms. The van der Waals surface area contributed by atoms with Crippen LogP contribution >= 0.6 is 0 Å². The van der Waals surface area contributed by atoms with Gasteiger partial charge in [0.05, 0.1) is 6.42 Å². The molecule has 0 saturated carbocycles. The Balaban J connectivity index is 2.36. The first-order chi connectivity index (χ1) is 8.66. The van der Waals surface area contributed by atoms with E-state index in [9.17, 15) is 9.18 Å². The van der Waals surface area contributed by atoms with E-state index in [-0.39, 0.29) is 18.2 Å². The summed E-state index contributed by atoms with van der Waals surface area (Å²) >= 11 is 0. The van der Waals surface area contributed by atoms with E-state index in [1.165, 1.54) is 12.1 Å². The summed E-state index contributed by atoms with van der Waals surface area (Å²) in [4.78, 5) is 10.9. The zero-order chi connectivity index (χ0) is 13.0. The fraction of sp³-hybridized carbons (Fsp3) is 0.133. The standard InChI is InChI=1S/C15H13FO2/c16-13-8-6-12(7-9-13)14(10-15(17)18)11-4-2-1-3-5-11/h1-9,14H,10H2,(H,17,18)/t14-/m0/s1. The first-order valence-corrected chi connectivity index (χ1v) is 5.69. The molecule has 0 heterocycles. The minimum absolute atomic E-state index is 0.00432. The van der Waals surface area contributed by atoms with Crippen LogP contribution in [0.5, 0.6) is 0 Å². The second kappa shape index (κ2) is 5.45. The molecule has 0 saturated heterocycles. The van der Waals surface area contributed by atoms with Gasteiger partial charge in [-0.25, -0.2) is 4.39 Å². The molecule has 0 aliphatic rings. The van der Waals surface area contributed by atoms with Gasteiger partial charge in [0, 0.05) is 5.92 Å². The third kappa shape index (κ3) is 2.94. The molecule has 18 heavy (non-hydrogen) atoms. The topological polar surface area (TPSA) is 37.3 Å². The fourth-order valence-corrected chi connectivity index (χ4v) is 1.98. The summed E-state index contributed by atoms with van der Waals surface area (Å²) in [5, 5.41) is 8.99. The monoisotopic (exact) mass is 244 g/mol. The number of benzene rings is 2. The molecule has 2 nitrogen and oxygen atoms in total. The lowest BCUT2D eigenvalue weighted by atomic mass is 9.88. The Hall–Kier alpha value is -2.16. The van der Waals surface area contributed by atoms with E-state index >= 15 is 0 Å². The summed E-state index contributed by atoms with van der Waals surface area (Å²) in [5.74, 6) is -1.43. The van der Waals surface area contributed by atoms with Gasteiger partial charge in [0.15, 0.2) is 0 Å². The maximum absolute atomic E-state index is 12.9. The van der Waals surface area contributed by atoms with Crippen molar-refractivity contribution >= 4 is 5.97 Å². The van der Waals surface area contributed by atoms with E-state index in [1.54, 1.807) is 12.1 Å². The largest absolute Gasteiger partial charge is 0.481 e. The highest BCUT2D eigenvalue weighted by Crippen LogP contribution is 2.27. The molecule has 3 heteroatoms. The van der Waals surface area contributed by atoms with Crippen LogP contribution in [0.3, 0.4) is 0 Å². The van der Waals surface area contributed by atoms with Crippen molar-refractivity contribution in [3.63, 3.8) is 0 Å². The molecule has 1 atom stereocenters. The number of hydrogen-bond donors (Lipinski definition) is 1. The van der Waals surface area contributed by atoms with Crippen LogP contribution < -0.4 is 0 Å². The molecule has 0 spiro atoms. The second-order valence-corrected chi connectivity index (χ2v) is 4.11. The van der Waals surface area contributed by atoms with Crippen molar-refractivity contribution in [2.45, 2.75) is 12.3 Å². The summed E-state index contributed by atoms with van der Waals surface area (Å²) in [7, 11) is 0. The van der Waals surface area contributed by atoms with E-state index in [1.807, 2.05) is 30.3 Å². The van der Waals surface area contributed by atoms with Crippen LogP contribution in [0.4, 0.5) is 4.39 Å². The van der Waals surface area contributed by atoms with Crippen molar-refractivity contribution in [3.05, 3.63) is 71.5 Å². The molecule has 0 radical (unpaired) electrons. The maximum atomic E-state index is 12.9. The molecule has 1 N–H and O–H groups in total. The average Bonchev–Trinajstić information content (AvgIpc) is 2.38. The predicted molar refractivity (Wildman–Crippen MR) is 66.9 cm³/mol. The van der Waals surface area contributed by atoms with Gasteiger partial charge in [-0.1, -0.05) is 42.5 Å². The molecule has 0 aromatic heterocycles. The predicted octanol–water partition coefficient (Wildman–Crippen LogP) is 3.43. The first kappa shape index (κ1) is 12.3. The second-order valence-electron chi connectivity index (χ2n) is 4.11. The van der Waals surface area contributed by atoms with Crippen LogP contribution in [0.25, 0.3) is 0 Å². The third-order valence-corrected chi connectivity index (χ3v) is 2.85. The zero-order valence-corrected chi connectivity index (χ0v) is 9.71. The molecule has 2 rings (SSSR count). The number of hydrogen-bond acceptors (Lipinski definition) is 1. The molecule has 2 aromatic rings. The highest BCUT2D eigenvalue weighted by atomic mass is 19.1. The van der Waals surface area contributed by atoms with Crippen LogP contribution in [0.1, 0.15) is 23.5 Å². The molecular formula is C15H13FO2. The van der Waals surface area contributed by atoms with Gasteiger partial charge in [0.2, 0.25) is 0 Å². The average molecular weight is 244 g/mol. The van der Waals surface area contributed by atoms with Gasteiger partial charge in [-0.3, -0.25) is 4.79 Å². The number of carbonyl (C=O) groups is 1. The lowest BCUT2D eigenvalue weighted by Crippen LogP contribution is -2.07. The Morgan fingerprint density at radius 2 is 1.56 bits per heavy atom. The highest BCUT2D eigenvalue weighted by Gasteiger charge is 2.17. The lowest BCUT2D eigenvalue weighted by molar-refractivity contribution is -0.137. The van der Waals surface area contributed by atoms with Gasteiger partial charge in [-0.2, -0.15) is 0 Å². The Kier molecular flexibility index (Phi) is 3.72. The number of rotatable bonds is 4. The normalized spacial score (nSPS) is 12.1. The SMILES string of the molecule is O=C(O)C[C@@H](c1ccccc1)c1ccc(F)cc1. The highest BCUT2D eigenvalue weighted by molar-refractivity contribution is 5.69. The summed E-state index contributed by atoms with van der Waals surface area (Å²) in [6.07, 6.45) is -0.00432. The van der Waals surface area contributed by atoms with Crippen molar-refractivity contribution in [1.82, 2.24) is 0 Å². The van der Waals surface area contributed by atoms with Gasteiger partial charge in [0.1, 0.15) is 5.82 Å². The third-order valence-electron chi connectivity index (χ3n) is 2.85. The smallest absolute Gasteiger partial charge is 0.304 e. The molecule has 92 valence electrons. The molecule has 0 amide bonds. The maximum Gasteiger partial charge on any atom is 0.304 e. The summed E-state index contributed by atoms with van der Waals surface area (Å²) in [6, 6.07) is 15.4. The van der Waals surface area contributed by atoms with E-state index in [0.29, 0.717) is 0 Å². The Labute approximate surface area is 105 Å². The van der Waals surface area contributed by atoms with E-state index in [4.69, 9.17) is 5.11 Å². The van der Waals surface area contributed by atoms with Gasteiger partial charge in [-0.05, 0) is 23.3 Å². The van der Waals surface area contributed by atoms with Crippen molar-refractivity contribution in [1.29, 1.82) is 0 Å². The van der Waals surface area contributed by atoms with Gasteiger partial charge in [-0.15, -0.1) is 0 Å². The summed E-state index contributed by atoms with van der Waals surface area (Å²) in [6.45, 7) is 0. The quantitative estimate of drug-likeness (QED) is 0.894. The van der Waals surface area contributed by atoms with E-state index < -0.39 is 5.97 Å². The van der Waals surface area contributed by atoms with Crippen LogP contribution in [0, 0.1) is 5.82 Å². The lowest BCUT2D eigenvalue weighted by Gasteiger charge is -2.15. The van der Waals surface area contributed by atoms with Crippen molar-refractivity contribution in [2.24, 2.45) is 0 Å². The minimum Gasteiger partial charge on any atom is -0.481 e. The number of carboxylic acid groups (broad SMARTS) is 1. The van der Waals surface area contributed by atoms with Crippen molar-refractivity contribution < 1.29 is 14.3 Å². The number of aliphatic carboxylic acids is 1. The van der Waals surface area contributed by atoms with Crippen LogP contribution in [0.15, 0.2) is 54.6 Å². The molecule has 0 aliphatic carbocycles. The van der Waals surface area contributed by atoms with Crippen LogP contribution in [-0.2, 0) is 4.79 Å². The van der Waals surface area contributed by atoms with E-state index in [2.05, 4.69) is 0 Å². The van der Waals surface area contributed by atoms with E-state index in [0.717, 1.165) is 11.1 Å². The van der Waals surface area contributed by atoms with Crippen molar-refractivity contribution in [2.75, 3.05) is 0 Å². The number of halogens is 1. The van der Waals surface area contributed by atoms with Gasteiger partial charge < -0.3 is 5.11 Å². The van der Waals surface area contributed by atoms with Crippen LogP contribution in [-0.4, -0.2) is 11.1 Å². The van der Waals surface area contributed by atoms with Crippen LogP contribution in [0.2, 0.25) is 0 Å². The first-order valence-electron chi connectivity index (χ1n) is 5.69. The minimum atomic E-state index is -0.867. The summed E-state index contributed by atoms with van der Waals surface area (Å²) in [5.41, 5.74) is 1.73. The molecule has 2 aromatic carbocycles. The van der Waals surface area contributed by atoms with Gasteiger partial charge in [0.25, 0.3) is 0 Å².